The minimum absolute atomic E-state index is 0.261. The number of hydrogen-bond acceptors (Lipinski definition) is 1. The summed E-state index contributed by atoms with van der Waals surface area (Å²) in [5, 5.41) is 0.722. The first kappa shape index (κ1) is 10.7. The van der Waals surface area contributed by atoms with E-state index in [0.29, 0.717) is 0 Å². The molecule has 0 amide bonds. The van der Waals surface area contributed by atoms with Gasteiger partial charge in [0.15, 0.2) is 0 Å². The molecule has 0 spiro atoms. The Balaban J connectivity index is 2.36. The molecule has 0 saturated heterocycles. The van der Waals surface area contributed by atoms with Crippen LogP contribution < -0.4 is 0 Å². The smallest absolute Gasteiger partial charge is 0.130 e. The molecule has 1 nitrogen and oxygen atoms in total. The highest BCUT2D eigenvalue weighted by molar-refractivity contribution is 6.30. The molecular weight excluding hydrogens is 208 g/mol. The second-order valence-corrected chi connectivity index (χ2v) is 4.78. The van der Waals surface area contributed by atoms with Crippen LogP contribution in [-0.2, 0) is 10.2 Å². The van der Waals surface area contributed by atoms with E-state index in [9.17, 15) is 4.79 Å². The maximum atomic E-state index is 11.4. The Kier molecular flexibility index (Phi) is 3.11. The lowest BCUT2D eigenvalue weighted by molar-refractivity contribution is -0.113. The van der Waals surface area contributed by atoms with Crippen LogP contribution in [0, 0.1) is 0 Å². The summed E-state index contributed by atoms with van der Waals surface area (Å²) < 4.78 is 0. The molecule has 1 fully saturated rings. The Morgan fingerprint density at radius 3 is 2.53 bits per heavy atom. The standard InChI is InChI=1S/C13H15ClO/c14-12-6-4-5-11(9-12)13(10-15)7-2-1-3-8-13/h4-6,9-10H,1-3,7-8H2. The number of rotatable bonds is 2. The molecular formula is C13H15ClO. The van der Waals surface area contributed by atoms with Crippen molar-refractivity contribution in [2.24, 2.45) is 0 Å². The Morgan fingerprint density at radius 1 is 1.20 bits per heavy atom. The van der Waals surface area contributed by atoms with E-state index in [4.69, 9.17) is 11.6 Å². The van der Waals surface area contributed by atoms with Gasteiger partial charge in [0.25, 0.3) is 0 Å². The summed E-state index contributed by atoms with van der Waals surface area (Å²) >= 11 is 5.97. The molecule has 0 bridgehead atoms. The van der Waals surface area contributed by atoms with Crippen LogP contribution in [-0.4, -0.2) is 6.29 Å². The highest BCUT2D eigenvalue weighted by Gasteiger charge is 2.33. The molecule has 1 aliphatic rings. The largest absolute Gasteiger partial charge is 0.302 e. The number of hydrogen-bond donors (Lipinski definition) is 0. The lowest BCUT2D eigenvalue weighted by Crippen LogP contribution is -2.30. The zero-order valence-corrected chi connectivity index (χ0v) is 9.46. The van der Waals surface area contributed by atoms with Crippen molar-refractivity contribution < 1.29 is 4.79 Å². The lowest BCUT2D eigenvalue weighted by atomic mass is 9.70. The molecule has 2 heteroatoms. The molecule has 1 saturated carbocycles. The van der Waals surface area contributed by atoms with Gasteiger partial charge < -0.3 is 4.79 Å². The topological polar surface area (TPSA) is 17.1 Å². The molecule has 0 N–H and O–H groups in total. The molecule has 1 aliphatic carbocycles. The predicted octanol–water partition coefficient (Wildman–Crippen LogP) is 3.74. The summed E-state index contributed by atoms with van der Waals surface area (Å²) in [6, 6.07) is 7.73. The van der Waals surface area contributed by atoms with E-state index in [1.165, 1.54) is 6.42 Å². The minimum Gasteiger partial charge on any atom is -0.302 e. The highest BCUT2D eigenvalue weighted by Crippen LogP contribution is 2.38. The van der Waals surface area contributed by atoms with E-state index in [-0.39, 0.29) is 5.41 Å². The van der Waals surface area contributed by atoms with Gasteiger partial charge in [0.1, 0.15) is 6.29 Å². The zero-order valence-electron chi connectivity index (χ0n) is 8.71. The average Bonchev–Trinajstić information content (AvgIpc) is 2.30. The summed E-state index contributed by atoms with van der Waals surface area (Å²) in [6.07, 6.45) is 6.60. The molecule has 0 radical (unpaired) electrons. The fourth-order valence-corrected chi connectivity index (χ4v) is 2.65. The van der Waals surface area contributed by atoms with Gasteiger partial charge >= 0.3 is 0 Å². The Hall–Kier alpha value is -0.820. The molecule has 0 heterocycles. The van der Waals surface area contributed by atoms with E-state index in [1.807, 2.05) is 24.3 Å². The molecule has 0 aromatic heterocycles. The van der Waals surface area contributed by atoms with Gasteiger partial charge in [0.05, 0.1) is 5.41 Å². The Labute approximate surface area is 95.4 Å². The second kappa shape index (κ2) is 4.36. The predicted molar refractivity (Wildman–Crippen MR) is 62.3 cm³/mol. The van der Waals surface area contributed by atoms with E-state index in [0.717, 1.165) is 42.6 Å². The number of carbonyl (C=O) groups is 1. The van der Waals surface area contributed by atoms with E-state index in [1.54, 1.807) is 0 Å². The minimum atomic E-state index is -0.261. The molecule has 80 valence electrons. The van der Waals surface area contributed by atoms with Crippen molar-refractivity contribution in [2.45, 2.75) is 37.5 Å². The number of carbonyl (C=O) groups excluding carboxylic acids is 1. The zero-order chi connectivity index (χ0) is 10.7. The van der Waals surface area contributed by atoms with Gasteiger partial charge in [-0.25, -0.2) is 0 Å². The van der Waals surface area contributed by atoms with Gasteiger partial charge in [-0.05, 0) is 30.5 Å². The summed E-state index contributed by atoms with van der Waals surface area (Å²) in [5.74, 6) is 0. The quantitative estimate of drug-likeness (QED) is 0.697. The van der Waals surface area contributed by atoms with E-state index >= 15 is 0 Å². The van der Waals surface area contributed by atoms with Gasteiger partial charge in [0.2, 0.25) is 0 Å². The number of halogens is 1. The maximum Gasteiger partial charge on any atom is 0.130 e. The fraction of sp³-hybridized carbons (Fsp3) is 0.462. The van der Waals surface area contributed by atoms with Crippen LogP contribution in [0.5, 0.6) is 0 Å². The summed E-state index contributed by atoms with van der Waals surface area (Å²) in [7, 11) is 0. The molecule has 0 aliphatic heterocycles. The van der Waals surface area contributed by atoms with Crippen molar-refractivity contribution in [3.63, 3.8) is 0 Å². The number of aldehydes is 1. The van der Waals surface area contributed by atoms with Crippen LogP contribution >= 0.6 is 11.6 Å². The highest BCUT2D eigenvalue weighted by atomic mass is 35.5. The molecule has 1 aromatic rings. The normalized spacial score (nSPS) is 19.8. The van der Waals surface area contributed by atoms with Crippen molar-refractivity contribution >= 4 is 17.9 Å². The summed E-state index contributed by atoms with van der Waals surface area (Å²) in [6.45, 7) is 0. The van der Waals surface area contributed by atoms with Crippen molar-refractivity contribution in [1.29, 1.82) is 0 Å². The first-order chi connectivity index (χ1) is 7.27. The molecule has 15 heavy (non-hydrogen) atoms. The van der Waals surface area contributed by atoms with Crippen molar-refractivity contribution in [1.82, 2.24) is 0 Å². The van der Waals surface area contributed by atoms with Gasteiger partial charge in [0, 0.05) is 5.02 Å². The average molecular weight is 223 g/mol. The molecule has 0 unspecified atom stereocenters. The third-order valence-electron chi connectivity index (χ3n) is 3.37. The van der Waals surface area contributed by atoms with Crippen LogP contribution in [0.25, 0.3) is 0 Å². The fourth-order valence-electron chi connectivity index (χ4n) is 2.46. The molecule has 2 rings (SSSR count). The summed E-state index contributed by atoms with van der Waals surface area (Å²) in [4.78, 5) is 11.4. The monoisotopic (exact) mass is 222 g/mol. The van der Waals surface area contributed by atoms with Crippen LogP contribution in [0.15, 0.2) is 24.3 Å². The third-order valence-corrected chi connectivity index (χ3v) is 3.61. The van der Waals surface area contributed by atoms with Crippen molar-refractivity contribution in [3.05, 3.63) is 34.9 Å². The molecule has 1 aromatic carbocycles. The Bertz CT molecular complexity index is 353. The van der Waals surface area contributed by atoms with Crippen LogP contribution in [0.1, 0.15) is 37.7 Å². The Morgan fingerprint density at radius 2 is 1.93 bits per heavy atom. The van der Waals surface area contributed by atoms with E-state index in [2.05, 4.69) is 0 Å². The van der Waals surface area contributed by atoms with E-state index < -0.39 is 0 Å². The first-order valence-electron chi connectivity index (χ1n) is 5.49. The lowest BCUT2D eigenvalue weighted by Gasteiger charge is -2.32. The number of benzene rings is 1. The van der Waals surface area contributed by atoms with Crippen LogP contribution in [0.4, 0.5) is 0 Å². The summed E-state index contributed by atoms with van der Waals surface area (Å²) in [5.41, 5.74) is 0.827. The molecule has 0 atom stereocenters. The third kappa shape index (κ3) is 2.07. The maximum absolute atomic E-state index is 11.4. The van der Waals surface area contributed by atoms with Crippen LogP contribution in [0.3, 0.4) is 0 Å². The first-order valence-corrected chi connectivity index (χ1v) is 5.87. The van der Waals surface area contributed by atoms with Gasteiger partial charge in [-0.15, -0.1) is 0 Å². The van der Waals surface area contributed by atoms with Crippen molar-refractivity contribution in [2.75, 3.05) is 0 Å². The van der Waals surface area contributed by atoms with Gasteiger partial charge in [-0.3, -0.25) is 0 Å². The van der Waals surface area contributed by atoms with Crippen molar-refractivity contribution in [3.8, 4) is 0 Å². The van der Waals surface area contributed by atoms with Gasteiger partial charge in [-0.2, -0.15) is 0 Å². The SMILES string of the molecule is O=CC1(c2cccc(Cl)c2)CCCCC1. The van der Waals surface area contributed by atoms with Crippen LogP contribution in [0.2, 0.25) is 5.02 Å². The second-order valence-electron chi connectivity index (χ2n) is 4.34. The van der Waals surface area contributed by atoms with Gasteiger partial charge in [-0.1, -0.05) is 43.0 Å².